The standard InChI is InChI=1S/C33H27F3N6O6/c1-41-25(14-26(40-41)33(34,35)36)21-3-2-4-23(28(21)44)37-15-17-5-7-18(8-6-17)16-38-29(45)19-9-10-20-22(13-19)32(48)42(31(20)47)24-11-12-27(43)39-30(24)46/h2-10,13-14,24,37,44H,11-12,15-16H2,1H3,(H,38,45)(H,39,43,46). The van der Waals surface area contributed by atoms with Crippen molar-refractivity contribution in [1.29, 1.82) is 0 Å². The Labute approximate surface area is 270 Å². The Hall–Kier alpha value is -5.99. The minimum absolute atomic E-state index is 0.00263. The number of hydrogen-bond donors (Lipinski definition) is 4. The van der Waals surface area contributed by atoms with E-state index in [1.807, 2.05) is 0 Å². The molecule has 6 rings (SSSR count). The summed E-state index contributed by atoms with van der Waals surface area (Å²) in [7, 11) is 1.36. The van der Waals surface area contributed by atoms with E-state index in [4.69, 9.17) is 0 Å². The van der Waals surface area contributed by atoms with Gasteiger partial charge in [-0.2, -0.15) is 18.3 Å². The number of aryl methyl sites for hydroxylation is 1. The molecule has 4 N–H and O–H groups in total. The largest absolute Gasteiger partial charge is 0.505 e. The molecule has 2 aliphatic heterocycles. The first-order valence-electron chi connectivity index (χ1n) is 14.7. The summed E-state index contributed by atoms with van der Waals surface area (Å²) in [4.78, 5) is 63.5. The predicted octanol–water partition coefficient (Wildman–Crippen LogP) is 3.75. The van der Waals surface area contributed by atoms with Crippen LogP contribution in [0.1, 0.15) is 60.7 Å². The molecule has 0 saturated carbocycles. The minimum atomic E-state index is -4.62. The molecule has 3 aromatic carbocycles. The van der Waals surface area contributed by atoms with Gasteiger partial charge in [0, 0.05) is 37.7 Å². The van der Waals surface area contributed by atoms with Crippen LogP contribution >= 0.6 is 0 Å². The van der Waals surface area contributed by atoms with E-state index in [-0.39, 0.29) is 59.6 Å². The molecule has 0 spiro atoms. The monoisotopic (exact) mass is 660 g/mol. The van der Waals surface area contributed by atoms with Gasteiger partial charge in [0.15, 0.2) is 5.69 Å². The molecule has 246 valence electrons. The first-order chi connectivity index (χ1) is 22.8. The van der Waals surface area contributed by atoms with Gasteiger partial charge in [-0.1, -0.05) is 30.3 Å². The van der Waals surface area contributed by atoms with Crippen LogP contribution in [0.2, 0.25) is 0 Å². The Bertz CT molecular complexity index is 1990. The smallest absolute Gasteiger partial charge is 0.435 e. The Morgan fingerprint density at radius 3 is 2.29 bits per heavy atom. The fourth-order valence-electron chi connectivity index (χ4n) is 5.62. The van der Waals surface area contributed by atoms with Crippen LogP contribution < -0.4 is 16.0 Å². The molecule has 3 heterocycles. The van der Waals surface area contributed by atoms with Gasteiger partial charge in [0.05, 0.1) is 22.5 Å². The van der Waals surface area contributed by atoms with E-state index in [2.05, 4.69) is 21.0 Å². The zero-order valence-electron chi connectivity index (χ0n) is 25.2. The van der Waals surface area contributed by atoms with Gasteiger partial charge in [0.25, 0.3) is 17.7 Å². The average molecular weight is 661 g/mol. The van der Waals surface area contributed by atoms with E-state index < -0.39 is 47.4 Å². The third-order valence-electron chi connectivity index (χ3n) is 8.14. The Morgan fingerprint density at radius 1 is 0.938 bits per heavy atom. The number of anilines is 1. The van der Waals surface area contributed by atoms with Crippen LogP contribution in [0.15, 0.2) is 66.7 Å². The number of fused-ring (bicyclic) bond motifs is 1. The molecule has 4 aromatic rings. The maximum atomic E-state index is 13.1. The molecule has 5 amide bonds. The van der Waals surface area contributed by atoms with Crippen molar-refractivity contribution in [2.24, 2.45) is 7.05 Å². The zero-order valence-corrected chi connectivity index (χ0v) is 25.2. The number of rotatable bonds is 8. The number of phenols is 1. The number of halogens is 3. The highest BCUT2D eigenvalue weighted by Crippen LogP contribution is 2.38. The molecule has 1 atom stereocenters. The quantitative estimate of drug-likeness (QED) is 0.164. The maximum Gasteiger partial charge on any atom is 0.435 e. The summed E-state index contributed by atoms with van der Waals surface area (Å²) < 4.78 is 40.4. The van der Waals surface area contributed by atoms with Crippen molar-refractivity contribution in [3.05, 3.63) is 100 Å². The number of phenolic OH excluding ortho intramolecular Hbond substituents is 1. The summed E-state index contributed by atoms with van der Waals surface area (Å²) in [5, 5.41) is 22.3. The van der Waals surface area contributed by atoms with E-state index in [0.29, 0.717) is 5.69 Å². The lowest BCUT2D eigenvalue weighted by Gasteiger charge is -2.27. The summed E-state index contributed by atoms with van der Waals surface area (Å²) in [6.45, 7) is 0.424. The second kappa shape index (κ2) is 12.3. The minimum Gasteiger partial charge on any atom is -0.505 e. The van der Waals surface area contributed by atoms with Gasteiger partial charge in [0.2, 0.25) is 11.8 Å². The molecule has 0 aliphatic carbocycles. The second-order valence-electron chi connectivity index (χ2n) is 11.3. The van der Waals surface area contributed by atoms with Crippen LogP contribution in [0.5, 0.6) is 5.75 Å². The van der Waals surface area contributed by atoms with Gasteiger partial charge in [-0.25, -0.2) is 0 Å². The van der Waals surface area contributed by atoms with Gasteiger partial charge in [-0.3, -0.25) is 38.9 Å². The Kier molecular flexibility index (Phi) is 8.20. The highest BCUT2D eigenvalue weighted by molar-refractivity contribution is 6.24. The summed E-state index contributed by atoms with van der Waals surface area (Å²) in [5.41, 5.74) is 1.31. The number of carbonyl (C=O) groups is 5. The number of benzene rings is 3. The van der Waals surface area contributed by atoms with Crippen molar-refractivity contribution in [3.8, 4) is 17.0 Å². The normalized spacial score (nSPS) is 16.2. The van der Waals surface area contributed by atoms with Crippen molar-refractivity contribution >= 4 is 35.2 Å². The SMILES string of the molecule is Cn1nc(C(F)(F)F)cc1-c1cccc(NCc2ccc(CNC(=O)c3ccc4c(c3)C(=O)N(C3CCC(=O)NC3=O)C4=O)cc2)c1O. The Morgan fingerprint density at radius 2 is 1.62 bits per heavy atom. The lowest BCUT2D eigenvalue weighted by Crippen LogP contribution is -2.54. The number of piperidine rings is 1. The van der Waals surface area contributed by atoms with Crippen molar-refractivity contribution in [3.63, 3.8) is 0 Å². The molecule has 12 nitrogen and oxygen atoms in total. The highest BCUT2D eigenvalue weighted by Gasteiger charge is 2.44. The first-order valence-corrected chi connectivity index (χ1v) is 14.7. The van der Waals surface area contributed by atoms with Crippen molar-refractivity contribution < 1.29 is 42.3 Å². The number of amides is 5. The molecule has 1 fully saturated rings. The number of aromatic nitrogens is 2. The van der Waals surface area contributed by atoms with Crippen molar-refractivity contribution in [2.45, 2.75) is 38.1 Å². The third-order valence-corrected chi connectivity index (χ3v) is 8.14. The van der Waals surface area contributed by atoms with Gasteiger partial charge in [0.1, 0.15) is 11.8 Å². The lowest BCUT2D eigenvalue weighted by atomic mass is 10.0. The lowest BCUT2D eigenvalue weighted by molar-refractivity contribution is -0.141. The molecule has 1 unspecified atom stereocenters. The van der Waals surface area contributed by atoms with Crippen LogP contribution in [-0.4, -0.2) is 55.4 Å². The topological polar surface area (TPSA) is 163 Å². The number of alkyl halides is 3. The molecule has 0 bridgehead atoms. The zero-order chi connectivity index (χ0) is 34.3. The van der Waals surface area contributed by atoms with Crippen LogP contribution in [0, 0.1) is 0 Å². The number of nitrogens with zero attached hydrogens (tertiary/aromatic N) is 3. The van der Waals surface area contributed by atoms with Crippen molar-refractivity contribution in [1.82, 2.24) is 25.3 Å². The number of carbonyl (C=O) groups excluding carboxylic acids is 5. The maximum absolute atomic E-state index is 13.1. The van der Waals surface area contributed by atoms with Crippen LogP contribution in [0.4, 0.5) is 18.9 Å². The van der Waals surface area contributed by atoms with Crippen LogP contribution in [-0.2, 0) is 35.9 Å². The number of imide groups is 2. The molecular weight excluding hydrogens is 633 g/mol. The van der Waals surface area contributed by atoms with E-state index in [9.17, 15) is 42.3 Å². The van der Waals surface area contributed by atoms with Crippen molar-refractivity contribution in [2.75, 3.05) is 5.32 Å². The molecule has 48 heavy (non-hydrogen) atoms. The molecule has 1 aromatic heterocycles. The average Bonchev–Trinajstić information content (AvgIpc) is 3.56. The Balaban J connectivity index is 1.06. The van der Waals surface area contributed by atoms with Gasteiger partial charge in [-0.15, -0.1) is 0 Å². The predicted molar refractivity (Wildman–Crippen MR) is 163 cm³/mol. The van der Waals surface area contributed by atoms with Crippen LogP contribution in [0.3, 0.4) is 0 Å². The van der Waals surface area contributed by atoms with Gasteiger partial charge < -0.3 is 15.7 Å². The number of nitrogens with one attached hydrogen (secondary N) is 3. The number of hydrogen-bond acceptors (Lipinski definition) is 8. The summed E-state index contributed by atoms with van der Waals surface area (Å²) >= 11 is 0. The van der Waals surface area contributed by atoms with E-state index >= 15 is 0 Å². The molecule has 15 heteroatoms. The van der Waals surface area contributed by atoms with E-state index in [0.717, 1.165) is 26.8 Å². The van der Waals surface area contributed by atoms with Gasteiger partial charge >= 0.3 is 6.18 Å². The third kappa shape index (κ3) is 6.09. The molecular formula is C33H27F3N6O6. The number of aromatic hydroxyl groups is 1. The fourth-order valence-corrected chi connectivity index (χ4v) is 5.62. The fraction of sp³-hybridized carbons (Fsp3) is 0.212. The summed E-state index contributed by atoms with van der Waals surface area (Å²) in [6, 6.07) is 15.7. The van der Waals surface area contributed by atoms with E-state index in [1.54, 1.807) is 36.4 Å². The highest BCUT2D eigenvalue weighted by atomic mass is 19.4. The van der Waals surface area contributed by atoms with E-state index in [1.165, 1.54) is 31.3 Å². The van der Waals surface area contributed by atoms with Crippen LogP contribution in [0.25, 0.3) is 11.3 Å². The summed E-state index contributed by atoms with van der Waals surface area (Å²) in [5.74, 6) is -3.29. The second-order valence-corrected chi connectivity index (χ2v) is 11.3. The summed E-state index contributed by atoms with van der Waals surface area (Å²) in [6.07, 6.45) is -4.60. The van der Waals surface area contributed by atoms with Gasteiger partial charge in [-0.05, 0) is 53.9 Å². The molecule has 1 saturated heterocycles. The first kappa shape index (κ1) is 32.0. The molecule has 2 aliphatic rings. The number of para-hydroxylation sites is 1. The molecule has 0 radical (unpaired) electrons.